The van der Waals surface area contributed by atoms with Crippen LogP contribution in [0.15, 0.2) is 60.1 Å². The Morgan fingerprint density at radius 1 is 1.18 bits per heavy atom. The number of halogens is 3. The molecule has 33 heavy (non-hydrogen) atoms. The fourth-order valence-corrected chi connectivity index (χ4v) is 3.29. The third kappa shape index (κ3) is 6.24. The second-order valence-corrected chi connectivity index (χ2v) is 6.84. The molecule has 0 spiro atoms. The first kappa shape index (κ1) is 24.6. The maximum absolute atomic E-state index is 12.9. The van der Waals surface area contributed by atoms with Crippen molar-refractivity contribution in [2.24, 2.45) is 4.99 Å². The van der Waals surface area contributed by atoms with Crippen LogP contribution in [0.1, 0.15) is 18.1 Å². The van der Waals surface area contributed by atoms with E-state index in [1.807, 2.05) is 42.0 Å². The number of aromatic nitrogens is 2. The Morgan fingerprint density at radius 3 is 2.70 bits per heavy atom. The van der Waals surface area contributed by atoms with Crippen molar-refractivity contribution >= 4 is 29.9 Å². The number of para-hydroxylation sites is 1. The Bertz CT molecular complexity index is 1080. The highest BCUT2D eigenvalue weighted by Gasteiger charge is 2.20. The number of fused-ring (bicyclic) bond motifs is 1. The number of hydrogen-bond donors (Lipinski definition) is 2. The minimum Gasteiger partial charge on any atom is -0.454 e. The number of nitrogens with zero attached hydrogens (tertiary/aromatic N) is 3. The molecule has 0 atom stereocenters. The zero-order valence-corrected chi connectivity index (χ0v) is 20.2. The lowest BCUT2D eigenvalue weighted by atomic mass is 10.1. The summed E-state index contributed by atoms with van der Waals surface area (Å²) in [5.41, 5.74) is 2.50. The van der Waals surface area contributed by atoms with Crippen LogP contribution in [0.4, 0.5) is 8.78 Å². The van der Waals surface area contributed by atoms with Crippen molar-refractivity contribution in [2.45, 2.75) is 26.6 Å². The lowest BCUT2D eigenvalue weighted by Crippen LogP contribution is -2.37. The molecule has 0 bridgehead atoms. The number of benzene rings is 2. The summed E-state index contributed by atoms with van der Waals surface area (Å²) in [5.74, 6) is 1.39. The molecule has 0 aliphatic carbocycles. The van der Waals surface area contributed by atoms with Crippen molar-refractivity contribution in [1.82, 2.24) is 20.2 Å². The molecule has 2 N–H and O–H groups in total. The summed E-state index contributed by atoms with van der Waals surface area (Å²) >= 11 is 0. The zero-order chi connectivity index (χ0) is 22.3. The molecule has 3 aromatic rings. The molecule has 0 amide bonds. The number of rotatable bonds is 8. The highest BCUT2D eigenvalue weighted by molar-refractivity contribution is 14.0. The van der Waals surface area contributed by atoms with Gasteiger partial charge in [0.1, 0.15) is 5.75 Å². The van der Waals surface area contributed by atoms with Crippen LogP contribution in [0, 0.1) is 0 Å². The number of ether oxygens (including phenoxy) is 3. The van der Waals surface area contributed by atoms with Gasteiger partial charge in [-0.1, -0.05) is 18.2 Å². The standard InChI is InChI=1S/C22H23F2N5O3.HI/c1-2-26-22(27-11-15-5-3-4-6-17(15)29-8-7-25-13-29)28-12-16-9-19-20(31-14-30-19)10-18(16)32-21(23)24;/h3-10,13,21H,2,11-12,14H2,1H3,(H2,26,27,28);1H. The van der Waals surface area contributed by atoms with E-state index in [0.29, 0.717) is 36.1 Å². The van der Waals surface area contributed by atoms with Gasteiger partial charge in [-0.2, -0.15) is 8.78 Å². The predicted molar refractivity (Wildman–Crippen MR) is 130 cm³/mol. The van der Waals surface area contributed by atoms with E-state index < -0.39 is 6.61 Å². The highest BCUT2D eigenvalue weighted by atomic mass is 127. The molecule has 0 saturated heterocycles. The molecular formula is C22H24F2IN5O3. The molecule has 0 unspecified atom stereocenters. The van der Waals surface area contributed by atoms with Gasteiger partial charge < -0.3 is 29.4 Å². The molecule has 1 aliphatic heterocycles. The van der Waals surface area contributed by atoms with Gasteiger partial charge in [-0.3, -0.25) is 0 Å². The predicted octanol–water partition coefficient (Wildman–Crippen LogP) is 4.08. The maximum Gasteiger partial charge on any atom is 0.387 e. The first-order valence-electron chi connectivity index (χ1n) is 10.1. The first-order chi connectivity index (χ1) is 15.6. The Balaban J connectivity index is 0.00000306. The van der Waals surface area contributed by atoms with Gasteiger partial charge in [-0.05, 0) is 24.6 Å². The second-order valence-electron chi connectivity index (χ2n) is 6.84. The van der Waals surface area contributed by atoms with E-state index in [-0.39, 0.29) is 43.1 Å². The second kappa shape index (κ2) is 11.7. The van der Waals surface area contributed by atoms with Crippen molar-refractivity contribution < 1.29 is 23.0 Å². The SMILES string of the molecule is CCNC(=NCc1cc2c(cc1OC(F)F)OCO2)NCc1ccccc1-n1ccnc1.I. The average molecular weight is 571 g/mol. The third-order valence-corrected chi connectivity index (χ3v) is 4.74. The molecule has 2 aromatic carbocycles. The van der Waals surface area contributed by atoms with Crippen molar-refractivity contribution in [1.29, 1.82) is 0 Å². The summed E-state index contributed by atoms with van der Waals surface area (Å²) in [6.45, 7) is 0.276. The molecule has 176 valence electrons. The number of hydrogen-bond acceptors (Lipinski definition) is 5. The van der Waals surface area contributed by atoms with Crippen molar-refractivity contribution in [2.75, 3.05) is 13.3 Å². The van der Waals surface area contributed by atoms with E-state index in [1.165, 1.54) is 6.07 Å². The normalized spacial score (nSPS) is 12.4. The number of alkyl halides is 2. The highest BCUT2D eigenvalue weighted by Crippen LogP contribution is 2.39. The van der Waals surface area contributed by atoms with E-state index in [2.05, 4.69) is 25.3 Å². The summed E-state index contributed by atoms with van der Waals surface area (Å²) in [7, 11) is 0. The largest absolute Gasteiger partial charge is 0.454 e. The molecule has 8 nitrogen and oxygen atoms in total. The smallest absolute Gasteiger partial charge is 0.387 e. The average Bonchev–Trinajstić information content (AvgIpc) is 3.47. The van der Waals surface area contributed by atoms with Crippen LogP contribution >= 0.6 is 24.0 Å². The van der Waals surface area contributed by atoms with E-state index in [9.17, 15) is 8.78 Å². The van der Waals surface area contributed by atoms with Crippen molar-refractivity contribution in [3.05, 3.63) is 66.2 Å². The first-order valence-corrected chi connectivity index (χ1v) is 10.1. The lowest BCUT2D eigenvalue weighted by molar-refractivity contribution is -0.0505. The van der Waals surface area contributed by atoms with Crippen molar-refractivity contribution in [3.8, 4) is 22.9 Å². The zero-order valence-electron chi connectivity index (χ0n) is 17.8. The number of guanidine groups is 1. The topological polar surface area (TPSA) is 81.9 Å². The number of nitrogens with one attached hydrogen (secondary N) is 2. The minimum atomic E-state index is -2.95. The Kier molecular flexibility index (Phi) is 8.69. The summed E-state index contributed by atoms with van der Waals surface area (Å²) in [6, 6.07) is 11.0. The monoisotopic (exact) mass is 571 g/mol. The van der Waals surface area contributed by atoms with Gasteiger partial charge in [-0.25, -0.2) is 9.98 Å². The molecule has 2 heterocycles. The van der Waals surface area contributed by atoms with Gasteiger partial charge in [-0.15, -0.1) is 24.0 Å². The molecule has 1 aromatic heterocycles. The molecular weight excluding hydrogens is 547 g/mol. The summed E-state index contributed by atoms with van der Waals surface area (Å²) < 4.78 is 43.0. The Morgan fingerprint density at radius 2 is 1.97 bits per heavy atom. The van der Waals surface area contributed by atoms with E-state index in [4.69, 9.17) is 9.47 Å². The van der Waals surface area contributed by atoms with Crippen LogP contribution in [0.5, 0.6) is 17.2 Å². The van der Waals surface area contributed by atoms with Gasteiger partial charge in [0.15, 0.2) is 17.5 Å². The third-order valence-electron chi connectivity index (χ3n) is 4.74. The summed E-state index contributed by atoms with van der Waals surface area (Å²) in [4.78, 5) is 8.64. The molecule has 11 heteroatoms. The molecule has 0 radical (unpaired) electrons. The number of imidazole rings is 1. The van der Waals surface area contributed by atoms with Gasteiger partial charge in [0.05, 0.1) is 18.6 Å². The minimum absolute atomic E-state index is 0. The van der Waals surface area contributed by atoms with E-state index >= 15 is 0 Å². The quantitative estimate of drug-likeness (QED) is 0.241. The van der Waals surface area contributed by atoms with E-state index in [1.54, 1.807) is 18.6 Å². The van der Waals surface area contributed by atoms with Crippen LogP contribution < -0.4 is 24.8 Å². The molecule has 1 aliphatic rings. The maximum atomic E-state index is 12.9. The molecule has 4 rings (SSSR count). The fraction of sp³-hybridized carbons (Fsp3) is 0.273. The molecule has 0 saturated carbocycles. The van der Waals surface area contributed by atoms with Crippen molar-refractivity contribution in [3.63, 3.8) is 0 Å². The van der Waals surface area contributed by atoms with Crippen LogP contribution in [0.25, 0.3) is 5.69 Å². The van der Waals surface area contributed by atoms with E-state index in [0.717, 1.165) is 11.3 Å². The summed E-state index contributed by atoms with van der Waals surface area (Å²) in [6.07, 6.45) is 5.34. The fourth-order valence-electron chi connectivity index (χ4n) is 3.29. The van der Waals surface area contributed by atoms with Gasteiger partial charge in [0.25, 0.3) is 0 Å². The Hall–Kier alpha value is -3.09. The van der Waals surface area contributed by atoms with Gasteiger partial charge in [0.2, 0.25) is 6.79 Å². The lowest BCUT2D eigenvalue weighted by Gasteiger charge is -2.15. The van der Waals surface area contributed by atoms with Crippen LogP contribution in [-0.4, -0.2) is 35.5 Å². The molecule has 0 fully saturated rings. The van der Waals surface area contributed by atoms with Gasteiger partial charge >= 0.3 is 6.61 Å². The summed E-state index contributed by atoms with van der Waals surface area (Å²) in [5, 5.41) is 6.45. The van der Waals surface area contributed by atoms with Crippen LogP contribution in [-0.2, 0) is 13.1 Å². The number of aliphatic imine (C=N–C) groups is 1. The van der Waals surface area contributed by atoms with Crippen LogP contribution in [0.2, 0.25) is 0 Å². The van der Waals surface area contributed by atoms with Crippen LogP contribution in [0.3, 0.4) is 0 Å². The van der Waals surface area contributed by atoms with Gasteiger partial charge in [0, 0.05) is 37.1 Å². The Labute approximate surface area is 207 Å².